The van der Waals surface area contributed by atoms with Crippen molar-refractivity contribution < 1.29 is 22.8 Å². The fourth-order valence-electron chi connectivity index (χ4n) is 3.13. The maximum atomic E-state index is 12.2. The van der Waals surface area contributed by atoms with Gasteiger partial charge >= 0.3 is 0 Å². The summed E-state index contributed by atoms with van der Waals surface area (Å²) in [7, 11) is -3.22. The number of carbonyl (C=O) groups excluding carboxylic acids is 3. The van der Waals surface area contributed by atoms with Crippen molar-refractivity contribution in [3.63, 3.8) is 0 Å². The Hall–Kier alpha value is -2.26. The summed E-state index contributed by atoms with van der Waals surface area (Å²) in [5.74, 6) is -1.36. The van der Waals surface area contributed by atoms with Crippen molar-refractivity contribution in [2.24, 2.45) is 0 Å². The largest absolute Gasteiger partial charge is 0.352 e. The molecule has 2 aliphatic heterocycles. The van der Waals surface area contributed by atoms with E-state index in [1.54, 1.807) is 24.3 Å². The zero-order chi connectivity index (χ0) is 18.2. The molecule has 0 bridgehead atoms. The standard InChI is InChI=1S/C16H19N3O5S/c1-25(23,24)18-8-6-11(7-9-18)17-14(20)10-19-15(21)12-4-2-3-5-13(12)16(19)22/h2-5,11H,6-10H2,1H3,(H,17,20). The van der Waals surface area contributed by atoms with Gasteiger partial charge in [0.05, 0.1) is 17.4 Å². The minimum Gasteiger partial charge on any atom is -0.352 e. The first-order valence-electron chi connectivity index (χ1n) is 7.97. The Bertz CT molecular complexity index is 793. The molecule has 0 unspecified atom stereocenters. The van der Waals surface area contributed by atoms with Gasteiger partial charge in [-0.25, -0.2) is 12.7 Å². The van der Waals surface area contributed by atoms with Crippen molar-refractivity contribution in [2.75, 3.05) is 25.9 Å². The number of carbonyl (C=O) groups is 3. The van der Waals surface area contributed by atoms with Crippen LogP contribution in [0.4, 0.5) is 0 Å². The Kier molecular flexibility index (Phi) is 4.61. The lowest BCUT2D eigenvalue weighted by Crippen LogP contribution is -2.49. The molecule has 1 saturated heterocycles. The van der Waals surface area contributed by atoms with Gasteiger partial charge in [0, 0.05) is 19.1 Å². The molecule has 9 heteroatoms. The molecule has 0 spiro atoms. The maximum absolute atomic E-state index is 12.2. The van der Waals surface area contributed by atoms with E-state index in [1.165, 1.54) is 4.31 Å². The second-order valence-electron chi connectivity index (χ2n) is 6.25. The van der Waals surface area contributed by atoms with Crippen molar-refractivity contribution in [1.82, 2.24) is 14.5 Å². The number of sulfonamides is 1. The van der Waals surface area contributed by atoms with Crippen molar-refractivity contribution in [3.8, 4) is 0 Å². The Balaban J connectivity index is 1.56. The molecule has 134 valence electrons. The number of nitrogens with zero attached hydrogens (tertiary/aromatic N) is 2. The van der Waals surface area contributed by atoms with Crippen LogP contribution in [0.15, 0.2) is 24.3 Å². The third-order valence-electron chi connectivity index (χ3n) is 4.47. The van der Waals surface area contributed by atoms with E-state index in [-0.39, 0.29) is 12.6 Å². The monoisotopic (exact) mass is 365 g/mol. The van der Waals surface area contributed by atoms with Gasteiger partial charge in [0.1, 0.15) is 6.54 Å². The highest BCUT2D eigenvalue weighted by Gasteiger charge is 2.36. The molecule has 2 heterocycles. The SMILES string of the molecule is CS(=O)(=O)N1CCC(NC(=O)CN2C(=O)c3ccccc3C2=O)CC1. The molecule has 1 N–H and O–H groups in total. The lowest BCUT2D eigenvalue weighted by atomic mass is 10.1. The van der Waals surface area contributed by atoms with Crippen LogP contribution in [-0.4, -0.2) is 67.3 Å². The topological polar surface area (TPSA) is 104 Å². The molecule has 25 heavy (non-hydrogen) atoms. The van der Waals surface area contributed by atoms with E-state index in [1.807, 2.05) is 0 Å². The summed E-state index contributed by atoms with van der Waals surface area (Å²) < 4.78 is 24.3. The van der Waals surface area contributed by atoms with Crippen molar-refractivity contribution >= 4 is 27.7 Å². The van der Waals surface area contributed by atoms with Crippen molar-refractivity contribution in [1.29, 1.82) is 0 Å². The van der Waals surface area contributed by atoms with E-state index in [9.17, 15) is 22.8 Å². The minimum atomic E-state index is -3.22. The number of rotatable bonds is 4. The van der Waals surface area contributed by atoms with E-state index < -0.39 is 27.7 Å². The van der Waals surface area contributed by atoms with Gasteiger partial charge in [0.2, 0.25) is 15.9 Å². The first-order chi connectivity index (χ1) is 11.8. The maximum Gasteiger partial charge on any atom is 0.262 e. The Morgan fingerprint density at radius 3 is 2.12 bits per heavy atom. The lowest BCUT2D eigenvalue weighted by Gasteiger charge is -2.30. The van der Waals surface area contributed by atoms with E-state index >= 15 is 0 Å². The summed E-state index contributed by atoms with van der Waals surface area (Å²) in [6.07, 6.45) is 2.16. The van der Waals surface area contributed by atoms with Crippen LogP contribution in [0, 0.1) is 0 Å². The number of benzene rings is 1. The van der Waals surface area contributed by atoms with Crippen LogP contribution in [0.1, 0.15) is 33.6 Å². The summed E-state index contributed by atoms with van der Waals surface area (Å²) >= 11 is 0. The van der Waals surface area contributed by atoms with E-state index in [4.69, 9.17) is 0 Å². The molecule has 1 aromatic carbocycles. The number of hydrogen-bond acceptors (Lipinski definition) is 5. The quantitative estimate of drug-likeness (QED) is 0.746. The predicted molar refractivity (Wildman–Crippen MR) is 89.4 cm³/mol. The van der Waals surface area contributed by atoms with Crippen LogP contribution in [0.3, 0.4) is 0 Å². The summed E-state index contributed by atoms with van der Waals surface area (Å²) in [6, 6.07) is 6.30. The molecule has 3 amide bonds. The Morgan fingerprint density at radius 2 is 1.64 bits per heavy atom. The molecular weight excluding hydrogens is 346 g/mol. The number of fused-ring (bicyclic) bond motifs is 1. The third kappa shape index (κ3) is 3.57. The summed E-state index contributed by atoms with van der Waals surface area (Å²) in [6.45, 7) is 0.353. The predicted octanol–water partition coefficient (Wildman–Crippen LogP) is -0.177. The first kappa shape index (κ1) is 17.6. The molecule has 2 aliphatic rings. The van der Waals surface area contributed by atoms with Crippen LogP contribution >= 0.6 is 0 Å². The molecule has 0 atom stereocenters. The van der Waals surface area contributed by atoms with E-state index in [0.717, 1.165) is 11.2 Å². The van der Waals surface area contributed by atoms with Gasteiger partial charge in [-0.3, -0.25) is 19.3 Å². The fourth-order valence-corrected chi connectivity index (χ4v) is 4.01. The van der Waals surface area contributed by atoms with Gasteiger partial charge in [0.15, 0.2) is 0 Å². The van der Waals surface area contributed by atoms with Crippen LogP contribution in [0.25, 0.3) is 0 Å². The van der Waals surface area contributed by atoms with Gasteiger partial charge in [0.25, 0.3) is 11.8 Å². The van der Waals surface area contributed by atoms with Gasteiger partial charge < -0.3 is 5.32 Å². The third-order valence-corrected chi connectivity index (χ3v) is 5.77. The highest BCUT2D eigenvalue weighted by atomic mass is 32.2. The van der Waals surface area contributed by atoms with Crippen LogP contribution in [-0.2, 0) is 14.8 Å². The Labute approximate surface area is 145 Å². The second kappa shape index (κ2) is 6.57. The highest BCUT2D eigenvalue weighted by molar-refractivity contribution is 7.88. The van der Waals surface area contributed by atoms with Gasteiger partial charge in [-0.2, -0.15) is 0 Å². The highest BCUT2D eigenvalue weighted by Crippen LogP contribution is 2.22. The van der Waals surface area contributed by atoms with E-state index in [0.29, 0.717) is 37.1 Å². The van der Waals surface area contributed by atoms with Gasteiger partial charge in [-0.05, 0) is 25.0 Å². The molecule has 3 rings (SSSR count). The van der Waals surface area contributed by atoms with Crippen LogP contribution < -0.4 is 5.32 Å². The zero-order valence-corrected chi connectivity index (χ0v) is 14.6. The molecule has 0 aromatic heterocycles. The second-order valence-corrected chi connectivity index (χ2v) is 8.23. The molecule has 1 aromatic rings. The molecule has 1 fully saturated rings. The summed E-state index contributed by atoms with van der Waals surface area (Å²) in [5, 5.41) is 2.78. The molecule has 8 nitrogen and oxygen atoms in total. The van der Waals surface area contributed by atoms with Gasteiger partial charge in [-0.15, -0.1) is 0 Å². The number of hydrogen-bond donors (Lipinski definition) is 1. The number of imide groups is 1. The Morgan fingerprint density at radius 1 is 1.12 bits per heavy atom. The number of nitrogens with one attached hydrogen (secondary N) is 1. The van der Waals surface area contributed by atoms with Crippen LogP contribution in [0.5, 0.6) is 0 Å². The normalized spacial score (nSPS) is 19.2. The first-order valence-corrected chi connectivity index (χ1v) is 9.82. The van der Waals surface area contributed by atoms with Crippen molar-refractivity contribution in [3.05, 3.63) is 35.4 Å². The van der Waals surface area contributed by atoms with Crippen LogP contribution in [0.2, 0.25) is 0 Å². The van der Waals surface area contributed by atoms with Gasteiger partial charge in [-0.1, -0.05) is 12.1 Å². The molecule has 0 aliphatic carbocycles. The average molecular weight is 365 g/mol. The lowest BCUT2D eigenvalue weighted by molar-refractivity contribution is -0.122. The zero-order valence-electron chi connectivity index (χ0n) is 13.8. The molecule has 0 radical (unpaired) electrons. The summed E-state index contributed by atoms with van der Waals surface area (Å²) in [4.78, 5) is 37.6. The number of piperidine rings is 1. The smallest absolute Gasteiger partial charge is 0.262 e. The molecule has 0 saturated carbocycles. The summed E-state index contributed by atoms with van der Waals surface area (Å²) in [5.41, 5.74) is 0.614. The molecular formula is C16H19N3O5S. The fraction of sp³-hybridized carbons (Fsp3) is 0.438. The average Bonchev–Trinajstić information content (AvgIpc) is 2.80. The van der Waals surface area contributed by atoms with E-state index in [2.05, 4.69) is 5.32 Å². The van der Waals surface area contributed by atoms with Crippen molar-refractivity contribution in [2.45, 2.75) is 18.9 Å². The number of amides is 3. The minimum absolute atomic E-state index is 0.166.